The summed E-state index contributed by atoms with van der Waals surface area (Å²) in [6.45, 7) is 9.64. The van der Waals surface area contributed by atoms with Gasteiger partial charge >= 0.3 is 0 Å². The highest BCUT2D eigenvalue weighted by Gasteiger charge is 2.18. The fraction of sp³-hybridized carbons (Fsp3) is 1.00. The fourth-order valence-electron chi connectivity index (χ4n) is 2.64. The zero-order valence-electron chi connectivity index (χ0n) is 11.6. The molecule has 1 unspecified atom stereocenters. The van der Waals surface area contributed by atoms with Gasteiger partial charge in [-0.2, -0.15) is 0 Å². The van der Waals surface area contributed by atoms with Gasteiger partial charge in [-0.3, -0.25) is 0 Å². The molecule has 0 saturated carbocycles. The molecule has 0 bridgehead atoms. The van der Waals surface area contributed by atoms with Gasteiger partial charge in [0.25, 0.3) is 0 Å². The van der Waals surface area contributed by atoms with Gasteiger partial charge in [0.1, 0.15) is 0 Å². The smallest absolute Gasteiger partial charge is 0.0434 e. The van der Waals surface area contributed by atoms with Crippen LogP contribution in [0.4, 0.5) is 0 Å². The molecule has 1 saturated heterocycles. The lowest BCUT2D eigenvalue weighted by atomic mass is 10.00. The van der Waals surface area contributed by atoms with Crippen molar-refractivity contribution in [1.29, 1.82) is 0 Å². The van der Waals surface area contributed by atoms with Gasteiger partial charge in [-0.15, -0.1) is 0 Å². The second kappa shape index (κ2) is 8.90. The third-order valence-corrected chi connectivity index (χ3v) is 3.94. The Kier molecular flexibility index (Phi) is 7.82. The summed E-state index contributed by atoms with van der Waals surface area (Å²) in [5.41, 5.74) is 0. The van der Waals surface area contributed by atoms with E-state index in [-0.39, 0.29) is 0 Å². The number of aliphatic hydroxyl groups excluding tert-OH is 1. The van der Waals surface area contributed by atoms with Crippen molar-refractivity contribution < 1.29 is 5.11 Å². The predicted octanol–water partition coefficient (Wildman–Crippen LogP) is 1.86. The summed E-state index contributed by atoms with van der Waals surface area (Å²) in [6, 6.07) is 0.704. The highest BCUT2D eigenvalue weighted by atomic mass is 16.3. The molecule has 3 nitrogen and oxygen atoms in total. The molecule has 0 amide bonds. The summed E-state index contributed by atoms with van der Waals surface area (Å²) in [4.78, 5) is 2.57. The lowest BCUT2D eigenvalue weighted by molar-refractivity contribution is 0.190. The van der Waals surface area contributed by atoms with Crippen molar-refractivity contribution in [3.8, 4) is 0 Å². The molecule has 0 radical (unpaired) electrons. The summed E-state index contributed by atoms with van der Waals surface area (Å²) in [5, 5.41) is 12.6. The molecule has 102 valence electrons. The first-order valence-electron chi connectivity index (χ1n) is 7.36. The zero-order valence-corrected chi connectivity index (χ0v) is 11.6. The van der Waals surface area contributed by atoms with Crippen LogP contribution in [0, 0.1) is 5.92 Å². The van der Waals surface area contributed by atoms with Crippen LogP contribution in [0.1, 0.15) is 46.0 Å². The highest BCUT2D eigenvalue weighted by molar-refractivity contribution is 4.77. The van der Waals surface area contributed by atoms with Crippen LogP contribution in [0.25, 0.3) is 0 Å². The molecule has 1 atom stereocenters. The molecule has 2 N–H and O–H groups in total. The van der Waals surface area contributed by atoms with E-state index >= 15 is 0 Å². The van der Waals surface area contributed by atoms with Gasteiger partial charge in [0.2, 0.25) is 0 Å². The molecule has 1 aliphatic rings. The van der Waals surface area contributed by atoms with Crippen LogP contribution in [0.2, 0.25) is 0 Å². The van der Waals surface area contributed by atoms with Crippen molar-refractivity contribution in [3.05, 3.63) is 0 Å². The maximum Gasteiger partial charge on any atom is 0.0434 e. The van der Waals surface area contributed by atoms with Crippen molar-refractivity contribution in [3.63, 3.8) is 0 Å². The van der Waals surface area contributed by atoms with Crippen LogP contribution in [0.15, 0.2) is 0 Å². The molecule has 0 aromatic carbocycles. The quantitative estimate of drug-likeness (QED) is 0.682. The summed E-state index contributed by atoms with van der Waals surface area (Å²) in [6.07, 6.45) is 5.96. The summed E-state index contributed by atoms with van der Waals surface area (Å²) >= 11 is 0. The number of aliphatic hydroxyl groups is 1. The minimum absolute atomic E-state index is 0.329. The van der Waals surface area contributed by atoms with Gasteiger partial charge in [-0.1, -0.05) is 20.3 Å². The normalized spacial score (nSPS) is 20.6. The van der Waals surface area contributed by atoms with Gasteiger partial charge < -0.3 is 15.3 Å². The van der Waals surface area contributed by atoms with Gasteiger partial charge in [-0.05, 0) is 57.8 Å². The van der Waals surface area contributed by atoms with Crippen molar-refractivity contribution in [2.45, 2.75) is 52.0 Å². The number of hydrogen-bond acceptors (Lipinski definition) is 3. The van der Waals surface area contributed by atoms with Gasteiger partial charge in [0.05, 0.1) is 0 Å². The standard InChI is InChI=1S/C14H30N2O/c1-3-8-16-9-5-14(6-10-16)15-12-13(4-2)7-11-17/h13-15,17H,3-12H2,1-2H3. The van der Waals surface area contributed by atoms with E-state index < -0.39 is 0 Å². The van der Waals surface area contributed by atoms with E-state index in [1.165, 1.54) is 45.3 Å². The Bertz CT molecular complexity index is 179. The lowest BCUT2D eigenvalue weighted by Gasteiger charge is -2.33. The Hall–Kier alpha value is -0.120. The molecule has 3 heteroatoms. The first-order chi connectivity index (χ1) is 8.30. The number of rotatable bonds is 8. The van der Waals surface area contributed by atoms with Gasteiger partial charge in [0.15, 0.2) is 0 Å². The van der Waals surface area contributed by atoms with Crippen molar-refractivity contribution in [2.24, 2.45) is 5.92 Å². The molecule has 1 heterocycles. The maximum absolute atomic E-state index is 8.96. The Balaban J connectivity index is 2.12. The molecule has 1 rings (SSSR count). The van der Waals surface area contributed by atoms with Crippen molar-refractivity contribution in [2.75, 3.05) is 32.8 Å². The summed E-state index contributed by atoms with van der Waals surface area (Å²) in [5.74, 6) is 0.647. The van der Waals surface area contributed by atoms with Crippen LogP contribution in [0.5, 0.6) is 0 Å². The van der Waals surface area contributed by atoms with Gasteiger partial charge in [-0.25, -0.2) is 0 Å². The lowest BCUT2D eigenvalue weighted by Crippen LogP contribution is -2.44. The average Bonchev–Trinajstić information content (AvgIpc) is 2.36. The van der Waals surface area contributed by atoms with Crippen molar-refractivity contribution >= 4 is 0 Å². The fourth-order valence-corrected chi connectivity index (χ4v) is 2.64. The third kappa shape index (κ3) is 5.84. The van der Waals surface area contributed by atoms with Crippen LogP contribution >= 0.6 is 0 Å². The van der Waals surface area contributed by atoms with Crippen LogP contribution < -0.4 is 5.32 Å². The Morgan fingerprint density at radius 3 is 2.53 bits per heavy atom. The van der Waals surface area contributed by atoms with E-state index in [2.05, 4.69) is 24.1 Å². The first-order valence-corrected chi connectivity index (χ1v) is 7.36. The van der Waals surface area contributed by atoms with Crippen molar-refractivity contribution in [1.82, 2.24) is 10.2 Å². The summed E-state index contributed by atoms with van der Waals surface area (Å²) in [7, 11) is 0. The van der Waals surface area contributed by atoms with E-state index in [9.17, 15) is 0 Å². The molecular formula is C14H30N2O. The number of hydrogen-bond donors (Lipinski definition) is 2. The van der Waals surface area contributed by atoms with E-state index in [0.29, 0.717) is 18.6 Å². The topological polar surface area (TPSA) is 35.5 Å². The average molecular weight is 242 g/mol. The predicted molar refractivity (Wildman–Crippen MR) is 73.2 cm³/mol. The molecule has 0 aromatic heterocycles. The largest absolute Gasteiger partial charge is 0.396 e. The van der Waals surface area contributed by atoms with Crippen LogP contribution in [-0.4, -0.2) is 48.8 Å². The molecule has 0 aromatic rings. The van der Waals surface area contributed by atoms with Crippen LogP contribution in [-0.2, 0) is 0 Å². The molecule has 17 heavy (non-hydrogen) atoms. The minimum atomic E-state index is 0.329. The number of likely N-dealkylation sites (tertiary alicyclic amines) is 1. The molecule has 1 aliphatic heterocycles. The Labute approximate surface area is 107 Å². The van der Waals surface area contributed by atoms with E-state index in [1.54, 1.807) is 0 Å². The minimum Gasteiger partial charge on any atom is -0.396 e. The molecule has 0 spiro atoms. The Morgan fingerprint density at radius 2 is 2.00 bits per heavy atom. The van der Waals surface area contributed by atoms with E-state index in [1.807, 2.05) is 0 Å². The number of piperidine rings is 1. The second-order valence-electron chi connectivity index (χ2n) is 5.31. The molecule has 1 fully saturated rings. The second-order valence-corrected chi connectivity index (χ2v) is 5.31. The first kappa shape index (κ1) is 14.9. The highest BCUT2D eigenvalue weighted by Crippen LogP contribution is 2.12. The van der Waals surface area contributed by atoms with Gasteiger partial charge in [0, 0.05) is 12.6 Å². The number of nitrogens with one attached hydrogen (secondary N) is 1. The maximum atomic E-state index is 8.96. The third-order valence-electron chi connectivity index (χ3n) is 3.94. The Morgan fingerprint density at radius 1 is 1.29 bits per heavy atom. The van der Waals surface area contributed by atoms with E-state index in [0.717, 1.165) is 13.0 Å². The monoisotopic (exact) mass is 242 g/mol. The molecule has 0 aliphatic carbocycles. The van der Waals surface area contributed by atoms with E-state index in [4.69, 9.17) is 5.11 Å². The zero-order chi connectivity index (χ0) is 12.5. The molecular weight excluding hydrogens is 212 g/mol. The van der Waals surface area contributed by atoms with Crippen LogP contribution in [0.3, 0.4) is 0 Å². The number of nitrogens with zero attached hydrogens (tertiary/aromatic N) is 1. The SMILES string of the molecule is CCCN1CCC(NCC(CC)CCO)CC1. The summed E-state index contributed by atoms with van der Waals surface area (Å²) < 4.78 is 0.